The van der Waals surface area contributed by atoms with E-state index in [9.17, 15) is 9.18 Å². The Morgan fingerprint density at radius 1 is 1.45 bits per heavy atom. The van der Waals surface area contributed by atoms with E-state index in [0.29, 0.717) is 12.4 Å². The molecule has 0 spiro atoms. The molecule has 0 radical (unpaired) electrons. The molecule has 1 unspecified atom stereocenters. The van der Waals surface area contributed by atoms with Gasteiger partial charge in [-0.2, -0.15) is 5.10 Å². The molecule has 7 heteroatoms. The molecule has 0 bridgehead atoms. The first-order valence-corrected chi connectivity index (χ1v) is 6.50. The Morgan fingerprint density at radius 2 is 2.35 bits per heavy atom. The van der Waals surface area contributed by atoms with Crippen molar-refractivity contribution in [3.63, 3.8) is 0 Å². The zero-order valence-electron chi connectivity index (χ0n) is 10.8. The molecule has 1 aliphatic rings. The SMILES string of the molecule is O=c1cccnn1CC1CCCN1c1ncncc1F. The number of halogens is 1. The van der Waals surface area contributed by atoms with Gasteiger partial charge in [-0.15, -0.1) is 0 Å². The molecule has 104 valence electrons. The Labute approximate surface area is 114 Å². The quantitative estimate of drug-likeness (QED) is 0.830. The first kappa shape index (κ1) is 12.7. The standard InChI is InChI=1S/C13H14FN5O/c14-11-7-15-9-16-13(11)18-6-2-3-10(18)8-19-12(20)4-1-5-17-19/h1,4-5,7,9-10H,2-3,6,8H2. The molecule has 20 heavy (non-hydrogen) atoms. The van der Waals surface area contributed by atoms with E-state index in [-0.39, 0.29) is 11.6 Å². The Bertz CT molecular complexity index is 659. The molecular weight excluding hydrogens is 261 g/mol. The summed E-state index contributed by atoms with van der Waals surface area (Å²) in [6.45, 7) is 1.16. The Morgan fingerprint density at radius 3 is 3.15 bits per heavy atom. The predicted molar refractivity (Wildman–Crippen MR) is 70.9 cm³/mol. The van der Waals surface area contributed by atoms with Crippen molar-refractivity contribution in [2.75, 3.05) is 11.4 Å². The molecule has 0 aliphatic carbocycles. The molecule has 1 saturated heterocycles. The molecule has 1 fully saturated rings. The predicted octanol–water partition coefficient (Wildman–Crippen LogP) is 0.841. The maximum atomic E-state index is 13.8. The van der Waals surface area contributed by atoms with E-state index in [4.69, 9.17) is 0 Å². The molecule has 0 amide bonds. The molecule has 2 aromatic heterocycles. The highest BCUT2D eigenvalue weighted by Gasteiger charge is 2.28. The second-order valence-corrected chi connectivity index (χ2v) is 4.73. The van der Waals surface area contributed by atoms with Crippen LogP contribution in [0.1, 0.15) is 12.8 Å². The van der Waals surface area contributed by atoms with Crippen LogP contribution in [0.15, 0.2) is 35.6 Å². The van der Waals surface area contributed by atoms with Crippen LogP contribution in [-0.2, 0) is 6.54 Å². The lowest BCUT2D eigenvalue weighted by atomic mass is 10.2. The molecular formula is C13H14FN5O. The highest BCUT2D eigenvalue weighted by atomic mass is 19.1. The third-order valence-corrected chi connectivity index (χ3v) is 3.47. The fourth-order valence-electron chi connectivity index (χ4n) is 2.55. The van der Waals surface area contributed by atoms with Gasteiger partial charge in [0.15, 0.2) is 11.6 Å². The number of aromatic nitrogens is 4. The topological polar surface area (TPSA) is 63.9 Å². The summed E-state index contributed by atoms with van der Waals surface area (Å²) in [5, 5.41) is 4.04. The Balaban J connectivity index is 1.85. The lowest BCUT2D eigenvalue weighted by molar-refractivity contribution is 0.481. The van der Waals surface area contributed by atoms with Gasteiger partial charge in [-0.1, -0.05) is 0 Å². The van der Waals surface area contributed by atoms with E-state index in [2.05, 4.69) is 15.1 Å². The minimum absolute atomic E-state index is 0.0204. The van der Waals surface area contributed by atoms with Crippen molar-refractivity contribution in [1.82, 2.24) is 19.7 Å². The van der Waals surface area contributed by atoms with Crippen LogP contribution in [0.2, 0.25) is 0 Å². The maximum Gasteiger partial charge on any atom is 0.266 e. The summed E-state index contributed by atoms with van der Waals surface area (Å²) in [5.74, 6) is -0.140. The van der Waals surface area contributed by atoms with E-state index in [0.717, 1.165) is 25.6 Å². The number of rotatable bonds is 3. The molecule has 6 nitrogen and oxygen atoms in total. The second kappa shape index (κ2) is 5.36. The Hall–Kier alpha value is -2.31. The number of hydrogen-bond donors (Lipinski definition) is 0. The minimum Gasteiger partial charge on any atom is -0.349 e. The lowest BCUT2D eigenvalue weighted by Gasteiger charge is -2.25. The molecule has 2 aromatic rings. The van der Waals surface area contributed by atoms with Gasteiger partial charge >= 0.3 is 0 Å². The highest BCUT2D eigenvalue weighted by Crippen LogP contribution is 2.25. The van der Waals surface area contributed by atoms with Gasteiger partial charge in [0, 0.05) is 18.8 Å². The number of nitrogens with zero attached hydrogens (tertiary/aromatic N) is 5. The first-order valence-electron chi connectivity index (χ1n) is 6.50. The summed E-state index contributed by atoms with van der Waals surface area (Å²) in [6.07, 6.45) is 5.89. The molecule has 3 heterocycles. The highest BCUT2D eigenvalue weighted by molar-refractivity contribution is 5.40. The van der Waals surface area contributed by atoms with Gasteiger partial charge in [0.2, 0.25) is 0 Å². The van der Waals surface area contributed by atoms with Crippen LogP contribution in [0.3, 0.4) is 0 Å². The summed E-state index contributed by atoms with van der Waals surface area (Å²) in [4.78, 5) is 21.3. The molecule has 0 N–H and O–H groups in total. The van der Waals surface area contributed by atoms with E-state index in [1.54, 1.807) is 12.3 Å². The maximum absolute atomic E-state index is 13.8. The first-order chi connectivity index (χ1) is 9.75. The van der Waals surface area contributed by atoms with Crippen LogP contribution >= 0.6 is 0 Å². The Kier molecular flexibility index (Phi) is 3.41. The van der Waals surface area contributed by atoms with Crippen molar-refractivity contribution in [2.24, 2.45) is 0 Å². The largest absolute Gasteiger partial charge is 0.349 e. The fraction of sp³-hybridized carbons (Fsp3) is 0.385. The van der Waals surface area contributed by atoms with Gasteiger partial charge in [-0.3, -0.25) is 4.79 Å². The van der Waals surface area contributed by atoms with Crippen LogP contribution < -0.4 is 10.5 Å². The van der Waals surface area contributed by atoms with E-state index < -0.39 is 5.82 Å². The van der Waals surface area contributed by atoms with Gasteiger partial charge in [-0.25, -0.2) is 19.0 Å². The van der Waals surface area contributed by atoms with E-state index >= 15 is 0 Å². The summed E-state index contributed by atoms with van der Waals surface area (Å²) in [5.41, 5.74) is -0.150. The van der Waals surface area contributed by atoms with Crippen LogP contribution in [0.25, 0.3) is 0 Å². The minimum atomic E-state index is -0.437. The molecule has 1 aliphatic heterocycles. The van der Waals surface area contributed by atoms with Crippen molar-refractivity contribution in [1.29, 1.82) is 0 Å². The van der Waals surface area contributed by atoms with Crippen molar-refractivity contribution in [3.05, 3.63) is 47.0 Å². The summed E-state index contributed by atoms with van der Waals surface area (Å²) < 4.78 is 15.2. The molecule has 0 aromatic carbocycles. The second-order valence-electron chi connectivity index (χ2n) is 4.73. The van der Waals surface area contributed by atoms with Gasteiger partial charge in [0.1, 0.15) is 6.33 Å². The fourth-order valence-corrected chi connectivity index (χ4v) is 2.55. The smallest absolute Gasteiger partial charge is 0.266 e. The van der Waals surface area contributed by atoms with E-state index in [1.807, 2.05) is 4.90 Å². The molecule has 0 saturated carbocycles. The zero-order chi connectivity index (χ0) is 13.9. The van der Waals surface area contributed by atoms with Crippen molar-refractivity contribution >= 4 is 5.82 Å². The third-order valence-electron chi connectivity index (χ3n) is 3.47. The lowest BCUT2D eigenvalue weighted by Crippen LogP contribution is -2.37. The van der Waals surface area contributed by atoms with Gasteiger partial charge in [0.25, 0.3) is 5.56 Å². The summed E-state index contributed by atoms with van der Waals surface area (Å²) in [6, 6.07) is 3.10. The van der Waals surface area contributed by atoms with Gasteiger partial charge in [0.05, 0.1) is 18.8 Å². The normalized spacial score (nSPS) is 18.4. The summed E-state index contributed by atoms with van der Waals surface area (Å²) in [7, 11) is 0. The van der Waals surface area contributed by atoms with Crippen molar-refractivity contribution < 1.29 is 4.39 Å². The van der Waals surface area contributed by atoms with E-state index in [1.165, 1.54) is 17.1 Å². The average molecular weight is 275 g/mol. The average Bonchev–Trinajstić information content (AvgIpc) is 2.90. The van der Waals surface area contributed by atoms with Crippen LogP contribution in [0.4, 0.5) is 10.2 Å². The van der Waals surface area contributed by atoms with Crippen LogP contribution in [0.5, 0.6) is 0 Å². The van der Waals surface area contributed by atoms with Crippen LogP contribution in [-0.4, -0.2) is 32.3 Å². The molecule has 3 rings (SSSR count). The monoisotopic (exact) mass is 275 g/mol. The third kappa shape index (κ3) is 2.38. The number of anilines is 1. The zero-order valence-corrected chi connectivity index (χ0v) is 10.8. The molecule has 1 atom stereocenters. The van der Waals surface area contributed by atoms with Crippen molar-refractivity contribution in [3.8, 4) is 0 Å². The van der Waals surface area contributed by atoms with Gasteiger partial charge in [-0.05, 0) is 18.9 Å². The van der Waals surface area contributed by atoms with Crippen LogP contribution in [0, 0.1) is 5.82 Å². The van der Waals surface area contributed by atoms with Crippen molar-refractivity contribution in [2.45, 2.75) is 25.4 Å². The van der Waals surface area contributed by atoms with Gasteiger partial charge < -0.3 is 4.90 Å². The summed E-state index contributed by atoms with van der Waals surface area (Å²) >= 11 is 0. The number of hydrogen-bond acceptors (Lipinski definition) is 5.